The first kappa shape index (κ1) is 135. The average Bonchev–Trinajstić information content (AvgIpc) is 0.812. The Morgan fingerprint density at radius 1 is 0.367 bits per heavy atom. The molecule has 0 saturated heterocycles. The zero-order chi connectivity index (χ0) is 112. The number of carbonyl (C=O) groups excluding carboxylic acids is 2. The third-order valence-electron chi connectivity index (χ3n) is 22.0. The second-order valence-electron chi connectivity index (χ2n) is 38.5. The van der Waals surface area contributed by atoms with Crippen LogP contribution in [0.2, 0.25) is 0 Å². The van der Waals surface area contributed by atoms with E-state index in [9.17, 15) is 77.0 Å². The van der Waals surface area contributed by atoms with Crippen LogP contribution in [-0.2, 0) is 116 Å². The number of hydrogen-bond acceptors (Lipinski definition) is 29. The first-order valence-corrected chi connectivity index (χ1v) is 60.8. The maximum absolute atomic E-state index is 13.8. The van der Waals surface area contributed by atoms with E-state index in [1.54, 1.807) is 166 Å². The van der Waals surface area contributed by atoms with Crippen molar-refractivity contribution in [2.75, 3.05) is 107 Å². The van der Waals surface area contributed by atoms with Crippen molar-refractivity contribution in [3.05, 3.63) is 221 Å². The number of benzene rings is 8. The van der Waals surface area contributed by atoms with Crippen LogP contribution < -0.4 is 57.0 Å². The summed E-state index contributed by atoms with van der Waals surface area (Å²) in [6, 6.07) is 49.0. The lowest BCUT2D eigenvalue weighted by atomic mass is 10.0. The zero-order valence-corrected chi connectivity index (χ0v) is 100. The summed E-state index contributed by atoms with van der Waals surface area (Å²) in [5, 5.41) is 28.0. The van der Waals surface area contributed by atoms with Gasteiger partial charge >= 0.3 is 35.0 Å². The van der Waals surface area contributed by atoms with E-state index in [4.69, 9.17) is 67.0 Å². The molecular formula is C102H157BrClN8O29P5S4. The Hall–Kier alpha value is -7.02. The van der Waals surface area contributed by atoms with Crippen molar-refractivity contribution in [1.82, 2.24) is 27.9 Å². The van der Waals surface area contributed by atoms with Crippen LogP contribution >= 0.6 is 70.1 Å². The van der Waals surface area contributed by atoms with Crippen molar-refractivity contribution in [2.45, 2.75) is 230 Å². The third-order valence-corrected chi connectivity index (χ3v) is 35.8. The molecule has 0 aliphatic rings. The van der Waals surface area contributed by atoms with Crippen LogP contribution in [0.3, 0.4) is 0 Å². The van der Waals surface area contributed by atoms with Crippen molar-refractivity contribution in [2.24, 2.45) is 35.1 Å². The van der Waals surface area contributed by atoms with Gasteiger partial charge in [-0.05, 0) is 286 Å². The van der Waals surface area contributed by atoms with E-state index in [1.807, 2.05) is 79.7 Å². The van der Waals surface area contributed by atoms with Crippen LogP contribution in [0.15, 0.2) is 218 Å². The molecule has 10 atom stereocenters. The second kappa shape index (κ2) is 63.4. The molecule has 0 saturated carbocycles. The van der Waals surface area contributed by atoms with Gasteiger partial charge in [0.1, 0.15) is 34.2 Å². The number of ether oxygens (including phenoxy) is 6. The van der Waals surface area contributed by atoms with E-state index in [2.05, 4.69) is 45.5 Å². The minimum Gasteiger partial charge on any atom is -0.497 e. The summed E-state index contributed by atoms with van der Waals surface area (Å²) in [5.41, 5.74) is 14.2. The second-order valence-corrected chi connectivity index (χ2v) is 53.4. The quantitative estimate of drug-likeness (QED) is 0.0164. The largest absolute Gasteiger partial charge is 0.497 e. The highest BCUT2D eigenvalue weighted by Gasteiger charge is 2.39. The number of halogens is 2. The zero-order valence-electron chi connectivity index (χ0n) is 89.6. The summed E-state index contributed by atoms with van der Waals surface area (Å²) in [4.78, 5) is 44.5. The number of carbonyl (C=O) groups is 2. The van der Waals surface area contributed by atoms with Gasteiger partial charge in [0, 0.05) is 87.8 Å². The van der Waals surface area contributed by atoms with Gasteiger partial charge in [-0.1, -0.05) is 120 Å². The van der Waals surface area contributed by atoms with E-state index in [1.165, 1.54) is 118 Å². The number of amides is 2. The van der Waals surface area contributed by atoms with E-state index in [-0.39, 0.29) is 153 Å². The summed E-state index contributed by atoms with van der Waals surface area (Å²) in [5.74, 6) is 2.31. The van der Waals surface area contributed by atoms with Crippen LogP contribution in [0, 0.1) is 23.7 Å². The number of nitrogens with one attached hydrogen (secondary N) is 2. The smallest absolute Gasteiger partial charge is 0.407 e. The topological polar surface area (TPSA) is 503 Å². The predicted molar refractivity (Wildman–Crippen MR) is 598 cm³/mol. The van der Waals surface area contributed by atoms with Gasteiger partial charge < -0.3 is 97.7 Å². The number of methoxy groups -OCH3 is 4. The maximum Gasteiger partial charge on any atom is 0.407 e. The Bertz CT molecular complexity index is 6000. The fraction of sp³-hybridized carbons (Fsp3) is 0.510. The van der Waals surface area contributed by atoms with Gasteiger partial charge in [0.05, 0.1) is 127 Å². The summed E-state index contributed by atoms with van der Waals surface area (Å²) < 4.78 is 216. The van der Waals surface area contributed by atoms with Gasteiger partial charge in [-0.3, -0.25) is 13.7 Å². The van der Waals surface area contributed by atoms with Crippen LogP contribution in [-0.4, -0.2) is 250 Å². The van der Waals surface area contributed by atoms with Gasteiger partial charge in [-0.2, -0.15) is 17.2 Å². The Balaban J connectivity index is 0.000000418. The summed E-state index contributed by atoms with van der Waals surface area (Å²) >= 11 is 3.44. The summed E-state index contributed by atoms with van der Waals surface area (Å²) in [7, 11) is -16.3. The normalized spacial score (nSPS) is 14.0. The summed E-state index contributed by atoms with van der Waals surface area (Å²) in [6.45, 7) is 34.4. The Morgan fingerprint density at radius 2 is 0.587 bits per heavy atom. The van der Waals surface area contributed by atoms with E-state index < -0.39 is 135 Å². The lowest BCUT2D eigenvalue weighted by Gasteiger charge is -2.33. The van der Waals surface area contributed by atoms with Crippen molar-refractivity contribution in [3.8, 4) is 23.0 Å². The first-order valence-electron chi connectivity index (χ1n) is 48.6. The summed E-state index contributed by atoms with van der Waals surface area (Å²) in [6.07, 6.45) is -3.84. The fourth-order valence-electron chi connectivity index (χ4n) is 14.8. The molecule has 8 aromatic rings. The maximum atomic E-state index is 13.8. The van der Waals surface area contributed by atoms with E-state index in [0.29, 0.717) is 52.0 Å². The highest BCUT2D eigenvalue weighted by molar-refractivity contribution is 9.10. The lowest BCUT2D eigenvalue weighted by molar-refractivity contribution is 0.0434. The molecule has 0 fully saturated rings. The molecule has 0 spiro atoms. The SMILES string of the molecule is CCOP(=O)(OCC)c1ccc(C[C@H](N)[C@H](O)CN(CC(C)C)S(=O)(=O)c2ccc(OC)cc2)cc1.CCOP(=O)(OCC)c1ccc(C[C@H](NC(=O)OC(C)(C)C)[C@@H](CN(CC(C)C)S(=O)(=O)c2ccc(OC)cc2)OP)cc1.COc1ccc(S(=O)(=O)N(CC(C)C)C[C@@H](O)[C@@H](N)Cc2ccc(P(=O)(O)O)cc2)cc1.COc1ccc(S(=O)(=O)N(CC(C)C)C[C@@H](OP)[C@H](Cc2ccc(Br)cc2)NC(=O)OC(C)(C)C)cc1.Cl. The fourth-order valence-corrected chi connectivity index (χ4v) is 25.8. The molecule has 8 aromatic carbocycles. The molecule has 10 N–H and O–H groups in total. The molecule has 2 amide bonds. The number of alkyl carbamates (subject to hydrolysis) is 2. The number of aliphatic hydroxyl groups is 2. The molecule has 842 valence electrons. The first-order chi connectivity index (χ1) is 69.6. The molecule has 0 heterocycles. The molecule has 48 heteroatoms. The minimum atomic E-state index is -4.34. The molecule has 2 unspecified atom stereocenters. The molecule has 0 aromatic heterocycles. The van der Waals surface area contributed by atoms with Crippen molar-refractivity contribution in [3.63, 3.8) is 0 Å². The molecule has 0 bridgehead atoms. The molecular weight excluding hydrogens is 2200 g/mol. The number of rotatable bonds is 55. The highest BCUT2D eigenvalue weighted by atomic mass is 79.9. The number of nitrogens with two attached hydrogens (primary N) is 2. The Kier molecular flexibility index (Phi) is 57.2. The van der Waals surface area contributed by atoms with Gasteiger partial charge in [0.2, 0.25) is 40.1 Å². The molecule has 0 radical (unpaired) electrons. The molecule has 0 aliphatic carbocycles. The lowest BCUT2D eigenvalue weighted by Crippen LogP contribution is -2.52. The van der Waals surface area contributed by atoms with Gasteiger partial charge in [-0.15, -0.1) is 12.4 Å². The van der Waals surface area contributed by atoms with Gasteiger partial charge in [0.15, 0.2) is 0 Å². The third kappa shape index (κ3) is 44.6. The van der Waals surface area contributed by atoms with Crippen LogP contribution in [0.25, 0.3) is 0 Å². The molecule has 37 nitrogen and oxygen atoms in total. The molecule has 8 rings (SSSR count). The molecule has 0 aliphatic heterocycles. The standard InChI is InChI=1S/C30H48N2O9P2S.C26H38BrN2O6PS.C25H39N2O7PS.C21H31N2O7PS.ClH/c1-9-38-43(34,39-10-2)25-15-11-23(12-16-25)19-27(31-29(33)40-30(5,6)7)28(41-42)21-32(20-22(3)4)44(35,36)26-17-13-24(37-8)14-18-26;1-18(2)16-29(37(31,32)22-13-11-21(33-6)12-14-22)17-24(35-36)23(28-25(30)34-26(3,4)5)15-19-7-9-20(27)10-8-19;1-6-33-35(29,34-7-2)22-12-8-20(9-13-22)16-24(26)25(28)18-27(17-19(3)4)36(30,31)23-14-10-21(32-5)11-15-23;1-15(2)13-23(32(28,29)19-10-6-17(30-3)7-11-19)14-21(24)20(22)12-16-4-8-18(9-5-16)31(25,26)27;/h11-18,22,27-28H,9-10,19-21,42H2,1-8H3,(H,31,33);7-14,18,23-24H,15-17,36H2,1-6H3,(H,28,30);8-15,19,24-25,28H,6-7,16-18,26H2,1-5H3;4-11,15,20-21,24H,12-14,22H2,1-3H3,(H2,25,26,27);1H/t27-,28+;23-,24+;24-,25+;20-,21+;/m0000./s1. The predicted octanol–water partition coefficient (Wildman–Crippen LogP) is 15.6. The van der Waals surface area contributed by atoms with Crippen LogP contribution in [0.5, 0.6) is 23.0 Å². The van der Waals surface area contributed by atoms with Crippen molar-refractivity contribution >= 4 is 138 Å². The Labute approximate surface area is 908 Å². The van der Waals surface area contributed by atoms with Crippen molar-refractivity contribution < 1.29 is 133 Å². The van der Waals surface area contributed by atoms with E-state index >= 15 is 0 Å². The number of sulfonamides is 4. The molecule has 150 heavy (non-hydrogen) atoms. The number of nitrogens with zero attached hydrogens (tertiary/aromatic N) is 4. The van der Waals surface area contributed by atoms with Crippen LogP contribution in [0.1, 0.15) is 147 Å². The Morgan fingerprint density at radius 3 is 0.793 bits per heavy atom. The number of hydrogen-bond donors (Lipinski definition) is 8. The van der Waals surface area contributed by atoms with Gasteiger partial charge in [-0.25, -0.2) is 43.3 Å². The minimum absolute atomic E-state index is 0. The monoisotopic (exact) mass is 2350 g/mol. The highest BCUT2D eigenvalue weighted by Crippen LogP contribution is 2.48. The van der Waals surface area contributed by atoms with E-state index in [0.717, 1.165) is 21.2 Å². The van der Waals surface area contributed by atoms with Gasteiger partial charge in [0.25, 0.3) is 0 Å². The number of aliphatic hydroxyl groups excluding tert-OH is 2. The van der Waals surface area contributed by atoms with Crippen molar-refractivity contribution in [1.29, 1.82) is 0 Å². The average molecular weight is 2360 g/mol. The van der Waals surface area contributed by atoms with Crippen LogP contribution in [0.4, 0.5) is 9.59 Å².